The van der Waals surface area contributed by atoms with Gasteiger partial charge in [0.15, 0.2) is 0 Å². The average molecular weight is 349 g/mol. The highest BCUT2D eigenvalue weighted by Crippen LogP contribution is 2.33. The summed E-state index contributed by atoms with van der Waals surface area (Å²) in [7, 11) is 2.15. The van der Waals surface area contributed by atoms with Gasteiger partial charge in [-0.25, -0.2) is 8.78 Å². The van der Waals surface area contributed by atoms with Crippen LogP contribution in [-0.2, 0) is 4.74 Å². The number of likely N-dealkylation sites (N-methyl/N-ethyl adjacent to an activating group) is 1. The third kappa shape index (κ3) is 3.36. The molecule has 25 heavy (non-hydrogen) atoms. The first-order chi connectivity index (χ1) is 12.0. The number of hydrogen-bond donors (Lipinski definition) is 1. The lowest BCUT2D eigenvalue weighted by Crippen LogP contribution is -2.51. The van der Waals surface area contributed by atoms with Gasteiger partial charge >= 0.3 is 0 Å². The van der Waals surface area contributed by atoms with Gasteiger partial charge in [-0.15, -0.1) is 0 Å². The minimum Gasteiger partial charge on any atom is -0.370 e. The maximum Gasteiger partial charge on any atom is 0.129 e. The van der Waals surface area contributed by atoms with Crippen LogP contribution < -0.4 is 5.73 Å². The molecule has 1 fully saturated rings. The zero-order valence-corrected chi connectivity index (χ0v) is 14.5. The van der Waals surface area contributed by atoms with Gasteiger partial charge in [0.2, 0.25) is 0 Å². The Morgan fingerprint density at radius 2 is 1.96 bits per heavy atom. The van der Waals surface area contributed by atoms with E-state index < -0.39 is 17.7 Å². The van der Waals surface area contributed by atoms with E-state index in [1.165, 1.54) is 11.6 Å². The van der Waals surface area contributed by atoms with E-state index in [9.17, 15) is 8.78 Å². The first-order valence-electron chi connectivity index (χ1n) is 8.95. The third-order valence-electron chi connectivity index (χ3n) is 5.70. The van der Waals surface area contributed by atoms with Crippen LogP contribution in [0.4, 0.5) is 8.78 Å². The smallest absolute Gasteiger partial charge is 0.129 e. The van der Waals surface area contributed by atoms with Gasteiger partial charge in [0.25, 0.3) is 0 Å². The van der Waals surface area contributed by atoms with E-state index in [1.54, 1.807) is 5.57 Å². The lowest BCUT2D eigenvalue weighted by atomic mass is 9.92. The molecule has 1 aromatic rings. The number of rotatable bonds is 2. The van der Waals surface area contributed by atoms with Crippen molar-refractivity contribution >= 4 is 0 Å². The van der Waals surface area contributed by atoms with Gasteiger partial charge < -0.3 is 10.5 Å². The van der Waals surface area contributed by atoms with Crippen LogP contribution in [0.25, 0.3) is 0 Å². The minimum absolute atomic E-state index is 0.229. The molecule has 0 radical (unpaired) electrons. The van der Waals surface area contributed by atoms with E-state index in [0.29, 0.717) is 6.61 Å². The number of nitrogens with zero attached hydrogens (tertiary/aromatic N) is 2. The Bertz CT molecular complexity index is 693. The molecule has 6 heteroatoms. The van der Waals surface area contributed by atoms with E-state index in [2.05, 4.69) is 16.8 Å². The van der Waals surface area contributed by atoms with Crippen LogP contribution in [0.2, 0.25) is 0 Å². The Balaban J connectivity index is 1.43. The Kier molecular flexibility index (Phi) is 4.62. The quantitative estimate of drug-likeness (QED) is 0.830. The molecule has 3 heterocycles. The Hall–Kier alpha value is -1.34. The topological polar surface area (TPSA) is 41.7 Å². The van der Waals surface area contributed by atoms with Crippen molar-refractivity contribution in [2.75, 3.05) is 39.8 Å². The van der Waals surface area contributed by atoms with Gasteiger partial charge in [-0.1, -0.05) is 5.57 Å². The van der Waals surface area contributed by atoms with Crippen LogP contribution in [-0.4, -0.2) is 61.7 Å². The van der Waals surface area contributed by atoms with E-state index in [1.807, 2.05) is 0 Å². The third-order valence-corrected chi connectivity index (χ3v) is 5.70. The van der Waals surface area contributed by atoms with Crippen LogP contribution in [0.1, 0.15) is 24.5 Å². The molecule has 3 aliphatic rings. The number of ether oxygens (including phenoxy) is 1. The lowest BCUT2D eigenvalue weighted by Gasteiger charge is -2.42. The molecule has 0 bridgehead atoms. The highest BCUT2D eigenvalue weighted by molar-refractivity contribution is 5.27. The molecule has 0 saturated carbocycles. The number of hydrogen-bond acceptors (Lipinski definition) is 4. The summed E-state index contributed by atoms with van der Waals surface area (Å²) in [6.45, 7) is 4.63. The SMILES string of the molecule is CN1CC2=C(C1)CN([C@H]1CO[C@H](c3cc(F)ccc3F)[C@@H](N)C1)CC2. The summed E-state index contributed by atoms with van der Waals surface area (Å²) < 4.78 is 33.4. The van der Waals surface area contributed by atoms with Crippen LogP contribution in [0.15, 0.2) is 29.3 Å². The van der Waals surface area contributed by atoms with Crippen molar-refractivity contribution in [2.45, 2.75) is 31.0 Å². The summed E-state index contributed by atoms with van der Waals surface area (Å²) >= 11 is 0. The summed E-state index contributed by atoms with van der Waals surface area (Å²) in [5, 5.41) is 0. The molecule has 4 nitrogen and oxygen atoms in total. The molecular weight excluding hydrogens is 324 g/mol. The van der Waals surface area contributed by atoms with Crippen LogP contribution >= 0.6 is 0 Å². The molecule has 0 spiro atoms. The highest BCUT2D eigenvalue weighted by atomic mass is 19.1. The molecule has 4 rings (SSSR count). The summed E-state index contributed by atoms with van der Waals surface area (Å²) in [5.41, 5.74) is 9.63. The molecule has 1 saturated heterocycles. The van der Waals surface area contributed by atoms with Crippen LogP contribution in [0, 0.1) is 11.6 Å². The number of nitrogens with two attached hydrogens (primary N) is 1. The zero-order valence-electron chi connectivity index (χ0n) is 14.5. The fourth-order valence-corrected chi connectivity index (χ4v) is 4.41. The van der Waals surface area contributed by atoms with E-state index >= 15 is 0 Å². The summed E-state index contributed by atoms with van der Waals surface area (Å²) in [4.78, 5) is 4.79. The van der Waals surface area contributed by atoms with Gasteiger partial charge in [-0.05, 0) is 43.7 Å². The molecule has 0 amide bonds. The average Bonchev–Trinajstić information content (AvgIpc) is 2.96. The maximum absolute atomic E-state index is 14.0. The monoisotopic (exact) mass is 349 g/mol. The summed E-state index contributed by atoms with van der Waals surface area (Å²) in [6, 6.07) is 3.36. The first kappa shape index (κ1) is 17.1. The lowest BCUT2D eigenvalue weighted by molar-refractivity contribution is -0.0506. The highest BCUT2D eigenvalue weighted by Gasteiger charge is 2.36. The van der Waals surface area contributed by atoms with E-state index in [0.717, 1.165) is 51.2 Å². The zero-order chi connectivity index (χ0) is 17.6. The molecule has 3 aliphatic heterocycles. The van der Waals surface area contributed by atoms with Crippen molar-refractivity contribution in [3.05, 3.63) is 46.5 Å². The summed E-state index contributed by atoms with van der Waals surface area (Å²) in [5.74, 6) is -0.919. The van der Waals surface area contributed by atoms with Gasteiger partial charge in [0.05, 0.1) is 6.61 Å². The predicted octanol–water partition coefficient (Wildman–Crippen LogP) is 2.07. The largest absolute Gasteiger partial charge is 0.370 e. The van der Waals surface area contributed by atoms with Gasteiger partial charge in [-0.2, -0.15) is 0 Å². The van der Waals surface area contributed by atoms with Gasteiger partial charge in [0.1, 0.15) is 17.7 Å². The van der Waals surface area contributed by atoms with Crippen LogP contribution in [0.5, 0.6) is 0 Å². The van der Waals surface area contributed by atoms with Crippen LogP contribution in [0.3, 0.4) is 0 Å². The minimum atomic E-state index is -0.580. The number of benzene rings is 1. The van der Waals surface area contributed by atoms with Crippen molar-refractivity contribution in [1.82, 2.24) is 9.80 Å². The van der Waals surface area contributed by atoms with E-state index in [-0.39, 0.29) is 17.6 Å². The Labute approximate surface area is 147 Å². The normalized spacial score (nSPS) is 31.4. The van der Waals surface area contributed by atoms with Crippen molar-refractivity contribution in [3.8, 4) is 0 Å². The Morgan fingerprint density at radius 3 is 2.76 bits per heavy atom. The fraction of sp³-hybridized carbons (Fsp3) is 0.579. The van der Waals surface area contributed by atoms with Crippen molar-refractivity contribution in [1.29, 1.82) is 0 Å². The van der Waals surface area contributed by atoms with E-state index in [4.69, 9.17) is 10.5 Å². The molecule has 2 N–H and O–H groups in total. The van der Waals surface area contributed by atoms with Crippen molar-refractivity contribution in [2.24, 2.45) is 5.73 Å². The molecule has 0 aliphatic carbocycles. The standard InChI is InChI=1S/C19H25F2N3O/c1-23-8-12-4-5-24(10-13(12)9-23)15-7-18(22)19(25-11-15)16-6-14(20)2-3-17(16)21/h2-3,6,15,18-19H,4-5,7-11,22H2,1H3/t15-,18+,19-/m1/s1. The predicted molar refractivity (Wildman–Crippen MR) is 92.1 cm³/mol. The van der Waals surface area contributed by atoms with Crippen molar-refractivity contribution < 1.29 is 13.5 Å². The van der Waals surface area contributed by atoms with Gasteiger partial charge in [0, 0.05) is 43.8 Å². The second kappa shape index (κ2) is 6.76. The molecule has 0 unspecified atom stereocenters. The molecule has 0 aromatic heterocycles. The second-order valence-electron chi connectivity index (χ2n) is 7.57. The Morgan fingerprint density at radius 1 is 1.16 bits per heavy atom. The molecule has 3 atom stereocenters. The fourth-order valence-electron chi connectivity index (χ4n) is 4.41. The second-order valence-corrected chi connectivity index (χ2v) is 7.57. The van der Waals surface area contributed by atoms with Gasteiger partial charge in [-0.3, -0.25) is 9.80 Å². The molecular formula is C19H25F2N3O. The number of halogens is 2. The molecule has 136 valence electrons. The molecule has 1 aromatic carbocycles. The maximum atomic E-state index is 14.0. The van der Waals surface area contributed by atoms with Crippen molar-refractivity contribution in [3.63, 3.8) is 0 Å². The first-order valence-corrected chi connectivity index (χ1v) is 8.95. The summed E-state index contributed by atoms with van der Waals surface area (Å²) in [6.07, 6.45) is 1.26.